The smallest absolute Gasteiger partial charge is 0.216 e. The van der Waals surface area contributed by atoms with Crippen LogP contribution in [-0.4, -0.2) is 54.9 Å². The number of carbonyl (C=O) groups excluding carboxylic acids is 1. The van der Waals surface area contributed by atoms with Crippen LogP contribution in [0.15, 0.2) is 24.3 Å². The quantitative estimate of drug-likeness (QED) is 0.595. The average Bonchev–Trinajstić information content (AvgIpc) is 2.53. The maximum absolute atomic E-state index is 10.8. The summed E-state index contributed by atoms with van der Waals surface area (Å²) in [5.41, 5.74) is 1.76. The lowest BCUT2D eigenvalue weighted by Crippen LogP contribution is -2.43. The highest BCUT2D eigenvalue weighted by molar-refractivity contribution is 5.72. The molecule has 2 atom stereocenters. The second-order valence-corrected chi connectivity index (χ2v) is 5.28. The molecule has 2 rings (SSSR count). The van der Waals surface area contributed by atoms with Crippen molar-refractivity contribution in [1.82, 2.24) is 10.6 Å². The molecule has 6 heteroatoms. The second kappa shape index (κ2) is 7.40. The topological polar surface area (TPSA) is 84.8 Å². The molecule has 2 unspecified atom stereocenters. The number of hydrogen-bond acceptors (Lipinski definition) is 5. The van der Waals surface area contributed by atoms with Crippen molar-refractivity contribution in [3.8, 4) is 0 Å². The van der Waals surface area contributed by atoms with Gasteiger partial charge in [-0.15, -0.1) is 0 Å². The van der Waals surface area contributed by atoms with E-state index in [4.69, 9.17) is 0 Å². The Morgan fingerprint density at radius 1 is 1.29 bits per heavy atom. The molecule has 0 aliphatic carbocycles. The number of carbonyl (C=O) groups is 1. The lowest BCUT2D eigenvalue weighted by Gasteiger charge is -2.29. The van der Waals surface area contributed by atoms with Crippen LogP contribution >= 0.6 is 0 Å². The van der Waals surface area contributed by atoms with Crippen molar-refractivity contribution < 1.29 is 15.0 Å². The Balaban J connectivity index is 1.95. The first-order valence-corrected chi connectivity index (χ1v) is 7.24. The summed E-state index contributed by atoms with van der Waals surface area (Å²) < 4.78 is 0. The van der Waals surface area contributed by atoms with Gasteiger partial charge >= 0.3 is 0 Å². The number of hydrogen-bond donors (Lipinski definition) is 4. The standard InChI is InChI=1S/C15H23N3O3/c1-11(19)17-10-14(20)15(21)12-2-4-13(5-3-12)18-8-6-16-7-9-18/h2-5,14-16,20-21H,6-10H2,1H3,(H,17,19). The van der Waals surface area contributed by atoms with E-state index in [2.05, 4.69) is 15.5 Å². The molecular weight excluding hydrogens is 270 g/mol. The predicted octanol–water partition coefficient (Wildman–Crippen LogP) is -0.373. The molecule has 1 amide bonds. The van der Waals surface area contributed by atoms with Gasteiger partial charge in [-0.05, 0) is 17.7 Å². The van der Waals surface area contributed by atoms with Crippen LogP contribution in [0.3, 0.4) is 0 Å². The summed E-state index contributed by atoms with van der Waals surface area (Å²) in [5, 5.41) is 25.7. The van der Waals surface area contributed by atoms with Gasteiger partial charge < -0.3 is 25.7 Å². The zero-order chi connectivity index (χ0) is 15.2. The zero-order valence-electron chi connectivity index (χ0n) is 12.2. The minimum Gasteiger partial charge on any atom is -0.388 e. The highest BCUT2D eigenvalue weighted by Crippen LogP contribution is 2.21. The van der Waals surface area contributed by atoms with E-state index >= 15 is 0 Å². The van der Waals surface area contributed by atoms with Crippen LogP contribution in [0.4, 0.5) is 5.69 Å². The molecule has 0 saturated carbocycles. The molecule has 0 bridgehead atoms. The molecule has 1 fully saturated rings. The highest BCUT2D eigenvalue weighted by atomic mass is 16.3. The highest BCUT2D eigenvalue weighted by Gasteiger charge is 2.19. The van der Waals surface area contributed by atoms with Gasteiger partial charge in [0.05, 0.1) is 0 Å². The Bertz CT molecular complexity index is 458. The number of rotatable bonds is 5. The van der Waals surface area contributed by atoms with E-state index in [9.17, 15) is 15.0 Å². The minimum atomic E-state index is -1.01. The maximum atomic E-state index is 10.8. The SMILES string of the molecule is CC(=O)NCC(O)C(O)c1ccc(N2CCNCC2)cc1. The molecule has 1 heterocycles. The minimum absolute atomic E-state index is 0.0377. The third-order valence-electron chi connectivity index (χ3n) is 3.64. The van der Waals surface area contributed by atoms with E-state index in [0.717, 1.165) is 31.9 Å². The number of aliphatic hydroxyl groups is 2. The first-order chi connectivity index (χ1) is 10.1. The fraction of sp³-hybridized carbons (Fsp3) is 0.533. The first-order valence-electron chi connectivity index (χ1n) is 7.24. The molecule has 6 nitrogen and oxygen atoms in total. The Morgan fingerprint density at radius 3 is 2.48 bits per heavy atom. The van der Waals surface area contributed by atoms with Crippen molar-refractivity contribution >= 4 is 11.6 Å². The molecular formula is C15H23N3O3. The van der Waals surface area contributed by atoms with Crippen molar-refractivity contribution in [2.24, 2.45) is 0 Å². The van der Waals surface area contributed by atoms with Crippen molar-refractivity contribution in [3.63, 3.8) is 0 Å². The van der Waals surface area contributed by atoms with Crippen LogP contribution in [0, 0.1) is 0 Å². The summed E-state index contributed by atoms with van der Waals surface area (Å²) in [7, 11) is 0. The normalized spacial score (nSPS) is 18.1. The number of aliphatic hydroxyl groups excluding tert-OH is 2. The molecule has 1 aliphatic heterocycles. The van der Waals surface area contributed by atoms with Gasteiger partial charge in [-0.3, -0.25) is 4.79 Å². The summed E-state index contributed by atoms with van der Waals surface area (Å²) in [6.07, 6.45) is -2.02. The number of nitrogens with one attached hydrogen (secondary N) is 2. The van der Waals surface area contributed by atoms with Gasteiger partial charge in [-0.25, -0.2) is 0 Å². The van der Waals surface area contributed by atoms with Crippen molar-refractivity contribution in [1.29, 1.82) is 0 Å². The molecule has 1 aromatic carbocycles. The van der Waals surface area contributed by atoms with E-state index in [1.54, 1.807) is 0 Å². The van der Waals surface area contributed by atoms with E-state index in [1.807, 2.05) is 24.3 Å². The van der Waals surface area contributed by atoms with Crippen molar-refractivity contribution in [3.05, 3.63) is 29.8 Å². The molecule has 0 radical (unpaired) electrons. The van der Waals surface area contributed by atoms with Crippen LogP contribution in [0.1, 0.15) is 18.6 Å². The number of amides is 1. The zero-order valence-corrected chi connectivity index (χ0v) is 12.2. The predicted molar refractivity (Wildman–Crippen MR) is 81.2 cm³/mol. The molecule has 4 N–H and O–H groups in total. The lowest BCUT2D eigenvalue weighted by atomic mass is 10.0. The third-order valence-corrected chi connectivity index (χ3v) is 3.64. The van der Waals surface area contributed by atoms with Crippen molar-refractivity contribution in [2.75, 3.05) is 37.6 Å². The molecule has 116 valence electrons. The summed E-state index contributed by atoms with van der Waals surface area (Å²) in [5.74, 6) is -0.227. The Kier molecular flexibility index (Phi) is 5.55. The van der Waals surface area contributed by atoms with Gasteiger partial charge in [-0.1, -0.05) is 12.1 Å². The van der Waals surface area contributed by atoms with Gasteiger partial charge in [-0.2, -0.15) is 0 Å². The van der Waals surface area contributed by atoms with Crippen LogP contribution in [0.25, 0.3) is 0 Å². The van der Waals surface area contributed by atoms with Gasteiger partial charge in [0.15, 0.2) is 0 Å². The van der Waals surface area contributed by atoms with Crippen LogP contribution in [0.2, 0.25) is 0 Å². The van der Waals surface area contributed by atoms with Crippen LogP contribution in [-0.2, 0) is 4.79 Å². The first kappa shape index (κ1) is 15.8. The fourth-order valence-electron chi connectivity index (χ4n) is 2.39. The van der Waals surface area contributed by atoms with Gasteiger partial charge in [0, 0.05) is 45.3 Å². The maximum Gasteiger partial charge on any atom is 0.216 e. The fourth-order valence-corrected chi connectivity index (χ4v) is 2.39. The Labute approximate surface area is 124 Å². The van der Waals surface area contributed by atoms with E-state index in [-0.39, 0.29) is 12.5 Å². The lowest BCUT2D eigenvalue weighted by molar-refractivity contribution is -0.119. The van der Waals surface area contributed by atoms with E-state index in [1.165, 1.54) is 6.92 Å². The van der Waals surface area contributed by atoms with Gasteiger partial charge in [0.1, 0.15) is 12.2 Å². The van der Waals surface area contributed by atoms with Gasteiger partial charge in [0.25, 0.3) is 0 Å². The number of anilines is 1. The number of piperazine rings is 1. The molecule has 21 heavy (non-hydrogen) atoms. The largest absolute Gasteiger partial charge is 0.388 e. The van der Waals surface area contributed by atoms with E-state index in [0.29, 0.717) is 5.56 Å². The number of nitrogens with zero attached hydrogens (tertiary/aromatic N) is 1. The third kappa shape index (κ3) is 4.42. The molecule has 0 aromatic heterocycles. The second-order valence-electron chi connectivity index (χ2n) is 5.28. The Hall–Kier alpha value is -1.63. The van der Waals surface area contributed by atoms with Crippen LogP contribution in [0.5, 0.6) is 0 Å². The number of benzene rings is 1. The van der Waals surface area contributed by atoms with Gasteiger partial charge in [0.2, 0.25) is 5.91 Å². The average molecular weight is 293 g/mol. The molecule has 1 saturated heterocycles. The summed E-state index contributed by atoms with van der Waals surface area (Å²) in [6, 6.07) is 7.54. The van der Waals surface area contributed by atoms with E-state index < -0.39 is 12.2 Å². The van der Waals surface area contributed by atoms with Crippen LogP contribution < -0.4 is 15.5 Å². The molecule has 1 aliphatic rings. The molecule has 1 aromatic rings. The van der Waals surface area contributed by atoms with Crippen molar-refractivity contribution in [2.45, 2.75) is 19.1 Å². The molecule has 0 spiro atoms. The monoisotopic (exact) mass is 293 g/mol. The summed E-state index contributed by atoms with van der Waals surface area (Å²) in [6.45, 7) is 5.29. The summed E-state index contributed by atoms with van der Waals surface area (Å²) in [4.78, 5) is 13.1. The Morgan fingerprint density at radius 2 is 1.90 bits per heavy atom. The summed E-state index contributed by atoms with van der Waals surface area (Å²) >= 11 is 0.